The predicted molar refractivity (Wildman–Crippen MR) is 102 cm³/mol. The number of anilines is 2. The summed E-state index contributed by atoms with van der Waals surface area (Å²) in [7, 11) is 0. The highest BCUT2D eigenvalue weighted by Gasteiger charge is 2.13. The monoisotopic (exact) mass is 367 g/mol. The molecule has 0 saturated heterocycles. The van der Waals surface area contributed by atoms with Crippen LogP contribution in [-0.2, 0) is 6.54 Å². The second kappa shape index (κ2) is 7.93. The number of carbonyl (C=O) groups is 1. The van der Waals surface area contributed by atoms with Gasteiger partial charge in [-0.2, -0.15) is 0 Å². The number of rotatable bonds is 5. The number of amides is 1. The fourth-order valence-electron chi connectivity index (χ4n) is 2.53. The van der Waals surface area contributed by atoms with Crippen LogP contribution in [-0.4, -0.2) is 20.9 Å². The summed E-state index contributed by atoms with van der Waals surface area (Å²) in [5.74, 6) is 0.214. The highest BCUT2D eigenvalue weighted by molar-refractivity contribution is 6.34. The molecule has 0 spiro atoms. The van der Waals surface area contributed by atoms with Gasteiger partial charge >= 0.3 is 0 Å². The van der Waals surface area contributed by atoms with Gasteiger partial charge < -0.3 is 10.6 Å². The third-order valence-corrected chi connectivity index (χ3v) is 4.06. The fourth-order valence-corrected chi connectivity index (χ4v) is 2.89. The van der Waals surface area contributed by atoms with E-state index in [4.69, 9.17) is 11.6 Å². The number of hydrogen-bond acceptors (Lipinski definition) is 5. The Hall–Kier alpha value is -2.99. The van der Waals surface area contributed by atoms with Crippen molar-refractivity contribution < 1.29 is 4.79 Å². The van der Waals surface area contributed by atoms with Gasteiger partial charge in [-0.25, -0.2) is 9.97 Å². The first-order valence-corrected chi connectivity index (χ1v) is 8.43. The van der Waals surface area contributed by atoms with Crippen molar-refractivity contribution in [1.29, 1.82) is 0 Å². The van der Waals surface area contributed by atoms with Crippen molar-refractivity contribution >= 4 is 29.0 Å². The molecule has 0 bridgehead atoms. The summed E-state index contributed by atoms with van der Waals surface area (Å²) in [5.41, 5.74) is 3.79. The first-order chi connectivity index (χ1) is 12.5. The van der Waals surface area contributed by atoms with Gasteiger partial charge in [0.2, 0.25) is 0 Å². The molecule has 0 aliphatic carbocycles. The van der Waals surface area contributed by atoms with Crippen molar-refractivity contribution in [2.75, 3.05) is 10.6 Å². The molecule has 0 fully saturated rings. The molecule has 2 heterocycles. The van der Waals surface area contributed by atoms with Gasteiger partial charge in [0.05, 0.1) is 10.7 Å². The Morgan fingerprint density at radius 2 is 2.04 bits per heavy atom. The summed E-state index contributed by atoms with van der Waals surface area (Å²) >= 11 is 6.25. The Bertz CT molecular complexity index is 907. The van der Waals surface area contributed by atoms with E-state index in [1.54, 1.807) is 18.5 Å². The number of aromatic nitrogens is 3. The molecule has 0 saturated carbocycles. The van der Waals surface area contributed by atoms with Gasteiger partial charge in [-0.1, -0.05) is 23.7 Å². The molecule has 2 aromatic heterocycles. The van der Waals surface area contributed by atoms with Gasteiger partial charge in [-0.3, -0.25) is 9.78 Å². The van der Waals surface area contributed by atoms with Gasteiger partial charge in [0.1, 0.15) is 17.8 Å². The number of hydrogen-bond donors (Lipinski definition) is 2. The van der Waals surface area contributed by atoms with E-state index in [1.165, 1.54) is 6.33 Å². The summed E-state index contributed by atoms with van der Waals surface area (Å²) in [6.45, 7) is 4.40. The Morgan fingerprint density at radius 3 is 2.77 bits per heavy atom. The largest absolute Gasteiger partial charge is 0.366 e. The van der Waals surface area contributed by atoms with Crippen molar-refractivity contribution in [2.45, 2.75) is 20.4 Å². The molecule has 26 heavy (non-hydrogen) atoms. The van der Waals surface area contributed by atoms with E-state index in [0.717, 1.165) is 16.7 Å². The Balaban J connectivity index is 1.72. The van der Waals surface area contributed by atoms with Crippen LogP contribution < -0.4 is 10.6 Å². The van der Waals surface area contributed by atoms with Crippen LogP contribution in [0.3, 0.4) is 0 Å². The molecule has 2 N–H and O–H groups in total. The molecule has 132 valence electrons. The van der Waals surface area contributed by atoms with E-state index in [2.05, 4.69) is 25.6 Å². The topological polar surface area (TPSA) is 79.8 Å². The van der Waals surface area contributed by atoms with Crippen LogP contribution in [0.1, 0.15) is 27.2 Å². The van der Waals surface area contributed by atoms with Gasteiger partial charge in [0.15, 0.2) is 0 Å². The average molecular weight is 368 g/mol. The zero-order valence-corrected chi connectivity index (χ0v) is 15.2. The lowest BCUT2D eigenvalue weighted by Gasteiger charge is -2.12. The van der Waals surface area contributed by atoms with Crippen LogP contribution in [0.4, 0.5) is 11.5 Å². The van der Waals surface area contributed by atoms with Crippen LogP contribution >= 0.6 is 11.6 Å². The van der Waals surface area contributed by atoms with Crippen LogP contribution in [0, 0.1) is 13.8 Å². The van der Waals surface area contributed by atoms with Crippen LogP contribution in [0.2, 0.25) is 5.02 Å². The van der Waals surface area contributed by atoms with Crippen LogP contribution in [0.25, 0.3) is 0 Å². The van der Waals surface area contributed by atoms with E-state index in [0.29, 0.717) is 23.1 Å². The van der Waals surface area contributed by atoms with Crippen LogP contribution in [0.5, 0.6) is 0 Å². The molecule has 0 radical (unpaired) electrons. The minimum Gasteiger partial charge on any atom is -0.366 e. The van der Waals surface area contributed by atoms with E-state index in [-0.39, 0.29) is 11.6 Å². The number of nitrogens with one attached hydrogen (secondary N) is 2. The van der Waals surface area contributed by atoms with Gasteiger partial charge in [-0.05, 0) is 42.7 Å². The van der Waals surface area contributed by atoms with E-state index < -0.39 is 0 Å². The van der Waals surface area contributed by atoms with Crippen molar-refractivity contribution in [1.82, 2.24) is 15.0 Å². The van der Waals surface area contributed by atoms with E-state index in [1.807, 2.05) is 38.1 Å². The lowest BCUT2D eigenvalue weighted by molar-refractivity contribution is 0.102. The van der Waals surface area contributed by atoms with E-state index >= 15 is 0 Å². The number of nitrogens with zero attached hydrogens (tertiary/aromatic N) is 3. The van der Waals surface area contributed by atoms with Gasteiger partial charge in [0.25, 0.3) is 5.91 Å². The zero-order valence-electron chi connectivity index (χ0n) is 14.5. The Labute approximate surface area is 156 Å². The summed E-state index contributed by atoms with van der Waals surface area (Å²) in [6.07, 6.45) is 4.84. The molecule has 0 unspecified atom stereocenters. The maximum atomic E-state index is 12.5. The first kappa shape index (κ1) is 17.8. The molecule has 7 heteroatoms. The predicted octanol–water partition coefficient (Wildman–Crippen LogP) is 4.01. The maximum Gasteiger partial charge on any atom is 0.274 e. The standard InChI is InChI=1S/C19H18ClN5O/c1-12-6-13(2)18(15(20)7-12)25-19(26)16-8-17(24-11-23-16)22-10-14-4-3-5-21-9-14/h3-9,11H,10H2,1-2H3,(H,25,26)(H,22,23,24). The highest BCUT2D eigenvalue weighted by atomic mass is 35.5. The molecule has 0 atom stereocenters. The molecule has 1 aromatic carbocycles. The molecule has 3 aromatic rings. The number of benzene rings is 1. The summed E-state index contributed by atoms with van der Waals surface area (Å²) < 4.78 is 0. The number of carbonyl (C=O) groups excluding carboxylic acids is 1. The van der Waals surface area contributed by atoms with Crippen molar-refractivity contribution in [3.63, 3.8) is 0 Å². The summed E-state index contributed by atoms with van der Waals surface area (Å²) in [4.78, 5) is 24.8. The molecular weight excluding hydrogens is 350 g/mol. The van der Waals surface area contributed by atoms with Crippen LogP contribution in [0.15, 0.2) is 49.1 Å². The third kappa shape index (κ3) is 4.34. The lowest BCUT2D eigenvalue weighted by atomic mass is 10.1. The minimum atomic E-state index is -0.342. The van der Waals surface area contributed by atoms with Gasteiger partial charge in [0, 0.05) is 25.0 Å². The SMILES string of the molecule is Cc1cc(C)c(NC(=O)c2cc(NCc3cccnc3)ncn2)c(Cl)c1. The van der Waals surface area contributed by atoms with Gasteiger partial charge in [-0.15, -0.1) is 0 Å². The molecule has 0 aliphatic rings. The third-order valence-electron chi connectivity index (χ3n) is 3.77. The smallest absolute Gasteiger partial charge is 0.274 e. The lowest BCUT2D eigenvalue weighted by Crippen LogP contribution is -2.16. The molecular formula is C19H18ClN5O. The molecule has 3 rings (SSSR count). The fraction of sp³-hybridized carbons (Fsp3) is 0.158. The average Bonchev–Trinajstić information content (AvgIpc) is 2.64. The highest BCUT2D eigenvalue weighted by Crippen LogP contribution is 2.27. The van der Waals surface area contributed by atoms with E-state index in [9.17, 15) is 4.79 Å². The first-order valence-electron chi connectivity index (χ1n) is 8.06. The summed E-state index contributed by atoms with van der Waals surface area (Å²) in [6, 6.07) is 9.19. The number of pyridine rings is 1. The molecule has 0 aliphatic heterocycles. The molecule has 1 amide bonds. The molecule has 6 nitrogen and oxygen atoms in total. The number of aryl methyl sites for hydroxylation is 2. The van der Waals surface area contributed by atoms with Crippen molar-refractivity contribution in [2.24, 2.45) is 0 Å². The van der Waals surface area contributed by atoms with Crippen molar-refractivity contribution in [3.05, 3.63) is 76.5 Å². The maximum absolute atomic E-state index is 12.5. The normalized spacial score (nSPS) is 10.4. The number of halogens is 1. The second-order valence-corrected chi connectivity index (χ2v) is 6.30. The quantitative estimate of drug-likeness (QED) is 0.712. The Morgan fingerprint density at radius 1 is 1.19 bits per heavy atom. The Kier molecular flexibility index (Phi) is 5.43. The second-order valence-electron chi connectivity index (χ2n) is 5.90. The van der Waals surface area contributed by atoms with Crippen molar-refractivity contribution in [3.8, 4) is 0 Å². The zero-order chi connectivity index (χ0) is 18.5. The minimum absolute atomic E-state index is 0.254. The summed E-state index contributed by atoms with van der Waals surface area (Å²) in [5, 5.41) is 6.48.